The van der Waals surface area contributed by atoms with Crippen LogP contribution in [0.25, 0.3) is 11.3 Å². The Morgan fingerprint density at radius 1 is 1.21 bits per heavy atom. The van der Waals surface area contributed by atoms with E-state index in [9.17, 15) is 13.2 Å². The summed E-state index contributed by atoms with van der Waals surface area (Å²) in [5, 5.41) is 8.54. The fraction of sp³-hybridized carbons (Fsp3) is 0.273. The minimum atomic E-state index is -3.96. The van der Waals surface area contributed by atoms with Crippen molar-refractivity contribution in [1.29, 1.82) is 0 Å². The Balaban J connectivity index is 1.76. The van der Waals surface area contributed by atoms with Gasteiger partial charge in [-0.05, 0) is 43.3 Å². The molecule has 182 valence electrons. The predicted octanol–water partition coefficient (Wildman–Crippen LogP) is 4.17. The first-order valence-electron chi connectivity index (χ1n) is 10.2. The second kappa shape index (κ2) is 11.0. The number of rotatable bonds is 10. The Morgan fingerprint density at radius 2 is 1.94 bits per heavy atom. The van der Waals surface area contributed by atoms with E-state index in [2.05, 4.69) is 15.6 Å². The van der Waals surface area contributed by atoms with Crippen LogP contribution in [0.2, 0.25) is 5.02 Å². The molecule has 2 N–H and O–H groups in total. The first-order chi connectivity index (χ1) is 16.2. The molecule has 3 aromatic rings. The van der Waals surface area contributed by atoms with E-state index in [4.69, 9.17) is 21.1 Å². The van der Waals surface area contributed by atoms with Crippen molar-refractivity contribution < 1.29 is 22.7 Å². The van der Waals surface area contributed by atoms with Crippen molar-refractivity contribution in [3.8, 4) is 22.8 Å². The number of carbonyl (C=O) groups excluding carboxylic acids is 1. The Morgan fingerprint density at radius 3 is 2.56 bits per heavy atom. The molecule has 34 heavy (non-hydrogen) atoms. The number of halogens is 1. The Bertz CT molecular complexity index is 1280. The lowest BCUT2D eigenvalue weighted by molar-refractivity contribution is -0.116. The number of ether oxygens (including phenoxy) is 2. The number of sulfonamides is 1. The number of thiazole rings is 1. The van der Waals surface area contributed by atoms with Gasteiger partial charge in [0, 0.05) is 25.0 Å². The zero-order valence-electron chi connectivity index (χ0n) is 19.1. The van der Waals surface area contributed by atoms with Crippen LogP contribution in [0, 0.1) is 0 Å². The molecular formula is C22H25ClN4O5S2. The molecule has 12 heteroatoms. The van der Waals surface area contributed by atoms with Crippen LogP contribution in [-0.2, 0) is 14.8 Å². The molecule has 3 rings (SSSR count). The van der Waals surface area contributed by atoms with Crippen LogP contribution in [0.5, 0.6) is 11.5 Å². The molecule has 0 bridgehead atoms. The van der Waals surface area contributed by atoms with Gasteiger partial charge in [0.15, 0.2) is 5.13 Å². The summed E-state index contributed by atoms with van der Waals surface area (Å²) >= 11 is 7.59. The molecule has 0 aliphatic rings. The summed E-state index contributed by atoms with van der Waals surface area (Å²) in [5.74, 6) is 0.287. The number of amides is 1. The molecule has 1 amide bonds. The van der Waals surface area contributed by atoms with Crippen LogP contribution in [0.15, 0.2) is 46.7 Å². The van der Waals surface area contributed by atoms with E-state index in [1.165, 1.54) is 43.7 Å². The number of anilines is 2. The van der Waals surface area contributed by atoms with Crippen molar-refractivity contribution in [2.75, 3.05) is 45.0 Å². The number of carbonyl (C=O) groups is 1. The largest absolute Gasteiger partial charge is 0.495 e. The van der Waals surface area contributed by atoms with Gasteiger partial charge in [0.1, 0.15) is 11.5 Å². The van der Waals surface area contributed by atoms with Gasteiger partial charge in [-0.1, -0.05) is 11.6 Å². The highest BCUT2D eigenvalue weighted by Crippen LogP contribution is 2.32. The summed E-state index contributed by atoms with van der Waals surface area (Å²) < 4.78 is 37.5. The molecule has 9 nitrogen and oxygen atoms in total. The van der Waals surface area contributed by atoms with Crippen molar-refractivity contribution in [2.45, 2.75) is 11.8 Å². The van der Waals surface area contributed by atoms with Gasteiger partial charge in [0.05, 0.1) is 41.6 Å². The van der Waals surface area contributed by atoms with Crippen molar-refractivity contribution in [3.63, 3.8) is 0 Å². The maximum absolute atomic E-state index is 12.9. The van der Waals surface area contributed by atoms with E-state index in [0.29, 0.717) is 23.8 Å². The third-order valence-electron chi connectivity index (χ3n) is 4.77. The van der Waals surface area contributed by atoms with E-state index in [1.807, 2.05) is 11.4 Å². The quantitative estimate of drug-likeness (QED) is 0.409. The first kappa shape index (κ1) is 25.8. The van der Waals surface area contributed by atoms with Crippen molar-refractivity contribution in [3.05, 3.63) is 46.8 Å². The summed E-state index contributed by atoms with van der Waals surface area (Å²) in [4.78, 5) is 17.1. The summed E-state index contributed by atoms with van der Waals surface area (Å²) in [6.45, 7) is 1.78. The molecule has 1 aromatic heterocycles. The van der Waals surface area contributed by atoms with E-state index in [1.54, 1.807) is 26.1 Å². The number of methoxy groups -OCH3 is 1. The van der Waals surface area contributed by atoms with Crippen molar-refractivity contribution >= 4 is 49.7 Å². The summed E-state index contributed by atoms with van der Waals surface area (Å²) in [6.07, 6.45) is 0. The third kappa shape index (κ3) is 5.79. The molecule has 0 saturated heterocycles. The summed E-state index contributed by atoms with van der Waals surface area (Å²) in [5.41, 5.74) is 1.91. The summed E-state index contributed by atoms with van der Waals surface area (Å²) in [6, 6.07) is 9.45. The van der Waals surface area contributed by atoms with Crippen LogP contribution in [-0.4, -0.2) is 58.0 Å². The molecule has 0 unspecified atom stereocenters. The first-order valence-corrected chi connectivity index (χ1v) is 12.9. The Labute approximate surface area is 207 Å². The fourth-order valence-electron chi connectivity index (χ4n) is 3.06. The van der Waals surface area contributed by atoms with Crippen molar-refractivity contribution in [2.24, 2.45) is 0 Å². The second-order valence-corrected chi connectivity index (χ2v) is 10.3. The number of benzene rings is 2. The molecule has 0 aliphatic carbocycles. The maximum atomic E-state index is 12.9. The molecule has 1 heterocycles. The number of hydrogen-bond acceptors (Lipinski definition) is 8. The number of aromatic nitrogens is 1. The highest BCUT2D eigenvalue weighted by atomic mass is 35.5. The minimum Gasteiger partial charge on any atom is -0.495 e. The topological polar surface area (TPSA) is 110 Å². The molecule has 0 spiro atoms. The molecule has 0 fully saturated rings. The fourth-order valence-corrected chi connectivity index (χ4v) is 5.19. The zero-order chi connectivity index (χ0) is 24.9. The average Bonchev–Trinajstić information content (AvgIpc) is 3.29. The van der Waals surface area contributed by atoms with Gasteiger partial charge in [-0.25, -0.2) is 13.4 Å². The highest BCUT2D eigenvalue weighted by Gasteiger charge is 2.24. The zero-order valence-corrected chi connectivity index (χ0v) is 21.5. The lowest BCUT2D eigenvalue weighted by Crippen LogP contribution is -2.35. The van der Waals surface area contributed by atoms with Crippen LogP contribution in [0.4, 0.5) is 10.8 Å². The monoisotopic (exact) mass is 524 g/mol. The molecular weight excluding hydrogens is 500 g/mol. The van der Waals surface area contributed by atoms with Crippen molar-refractivity contribution in [1.82, 2.24) is 9.29 Å². The van der Waals surface area contributed by atoms with Gasteiger partial charge in [0.2, 0.25) is 15.9 Å². The van der Waals surface area contributed by atoms with Crippen LogP contribution >= 0.6 is 22.9 Å². The van der Waals surface area contributed by atoms with Crippen LogP contribution < -0.4 is 20.1 Å². The molecule has 2 aromatic carbocycles. The number of nitrogens with zero attached hydrogens (tertiary/aromatic N) is 2. The maximum Gasteiger partial charge on any atom is 0.243 e. The molecule has 0 atom stereocenters. The van der Waals surface area contributed by atoms with Gasteiger partial charge in [0.25, 0.3) is 0 Å². The van der Waals surface area contributed by atoms with Gasteiger partial charge in [-0.2, -0.15) is 4.31 Å². The summed E-state index contributed by atoms with van der Waals surface area (Å²) in [7, 11) is 0.630. The Kier molecular flexibility index (Phi) is 8.37. The van der Waals surface area contributed by atoms with Gasteiger partial charge in [-0.15, -0.1) is 11.3 Å². The lowest BCUT2D eigenvalue weighted by Gasteiger charge is -2.18. The lowest BCUT2D eigenvalue weighted by atomic mass is 10.1. The molecule has 0 saturated carbocycles. The van der Waals surface area contributed by atoms with Crippen LogP contribution in [0.3, 0.4) is 0 Å². The average molecular weight is 525 g/mol. The van der Waals surface area contributed by atoms with Gasteiger partial charge in [-0.3, -0.25) is 4.79 Å². The Hall–Kier alpha value is -2.86. The van der Waals surface area contributed by atoms with Gasteiger partial charge < -0.3 is 20.1 Å². The van der Waals surface area contributed by atoms with E-state index in [0.717, 1.165) is 20.7 Å². The molecule has 0 aliphatic heterocycles. The van der Waals surface area contributed by atoms with E-state index < -0.39 is 22.5 Å². The normalized spacial score (nSPS) is 11.4. The van der Waals surface area contributed by atoms with Crippen LogP contribution in [0.1, 0.15) is 6.92 Å². The SMILES string of the molecule is CCOc1ccc(S(=O)(=O)N(C)CC(=O)Nc2cc(-c3csc(NC)n3)ccc2OC)cc1Cl. The van der Waals surface area contributed by atoms with E-state index >= 15 is 0 Å². The number of nitrogens with one attached hydrogen (secondary N) is 2. The smallest absolute Gasteiger partial charge is 0.243 e. The second-order valence-electron chi connectivity index (χ2n) is 7.04. The third-order valence-corrected chi connectivity index (χ3v) is 7.72. The minimum absolute atomic E-state index is 0.0419. The van der Waals surface area contributed by atoms with Gasteiger partial charge >= 0.3 is 0 Å². The number of hydrogen-bond donors (Lipinski definition) is 2. The predicted molar refractivity (Wildman–Crippen MR) is 135 cm³/mol. The highest BCUT2D eigenvalue weighted by molar-refractivity contribution is 7.89. The molecule has 0 radical (unpaired) electrons. The standard InChI is InChI=1S/C22H25ClN4O5S2/c1-5-32-19-9-7-15(11-16(19)23)34(29,30)27(3)12-21(28)25-17-10-14(6-8-20(17)31-4)18-13-33-22(24-2)26-18/h6-11,13H,5,12H2,1-4H3,(H,24,26)(H,25,28). The van der Waals surface area contributed by atoms with E-state index in [-0.39, 0.29) is 9.92 Å². The number of likely N-dealkylation sites (N-methyl/N-ethyl adjacent to an activating group) is 1.